The third-order valence-electron chi connectivity index (χ3n) is 5.24. The maximum Gasteiger partial charge on any atom is 0.335 e. The van der Waals surface area contributed by atoms with Gasteiger partial charge in [0.25, 0.3) is 0 Å². The molecule has 1 aromatic heterocycles. The summed E-state index contributed by atoms with van der Waals surface area (Å²) < 4.78 is 26.9. The lowest BCUT2D eigenvalue weighted by atomic mass is 9.94. The van der Waals surface area contributed by atoms with E-state index < -0.39 is 28.6 Å². The molecule has 0 saturated heterocycles. The lowest BCUT2D eigenvalue weighted by Gasteiger charge is -2.22. The van der Waals surface area contributed by atoms with Crippen molar-refractivity contribution >= 4 is 23.3 Å². The number of methoxy groups -OCH3 is 1. The molecule has 3 aromatic rings. The van der Waals surface area contributed by atoms with Crippen LogP contribution in [0, 0.1) is 11.2 Å². The van der Waals surface area contributed by atoms with E-state index in [0.29, 0.717) is 10.6 Å². The highest BCUT2D eigenvalue weighted by Crippen LogP contribution is 2.23. The summed E-state index contributed by atoms with van der Waals surface area (Å²) in [4.78, 5) is 45.5. The number of esters is 1. The molecule has 11 heteroatoms. The number of hydrogen-bond donors (Lipinski definition) is 1. The fourth-order valence-electron chi connectivity index (χ4n) is 3.46. The number of hydrogen-bond acceptors (Lipinski definition) is 6. The predicted molar refractivity (Wildman–Crippen MR) is 133 cm³/mol. The van der Waals surface area contributed by atoms with Crippen LogP contribution in [0.3, 0.4) is 0 Å². The Labute approximate surface area is 211 Å². The minimum atomic E-state index is -1.16. The summed E-state index contributed by atoms with van der Waals surface area (Å²) in [7, 11) is 1.23. The van der Waals surface area contributed by atoms with Crippen molar-refractivity contribution in [2.24, 2.45) is 10.4 Å². The summed E-state index contributed by atoms with van der Waals surface area (Å²) >= 11 is 5.98. The first kappa shape index (κ1) is 26.9. The summed E-state index contributed by atoms with van der Waals surface area (Å²) in [5.74, 6) is -1.15. The third-order valence-corrected chi connectivity index (χ3v) is 5.49. The van der Waals surface area contributed by atoms with E-state index in [2.05, 4.69) is 9.98 Å². The van der Waals surface area contributed by atoms with Crippen molar-refractivity contribution in [3.63, 3.8) is 0 Å². The van der Waals surface area contributed by atoms with E-state index in [9.17, 15) is 18.8 Å². The Morgan fingerprint density at radius 3 is 2.39 bits per heavy atom. The van der Waals surface area contributed by atoms with Crippen molar-refractivity contribution in [3.05, 3.63) is 85.5 Å². The highest BCUT2D eigenvalue weighted by molar-refractivity contribution is 6.30. The molecular weight excluding hydrogens is 491 g/mol. The van der Waals surface area contributed by atoms with Crippen LogP contribution in [-0.4, -0.2) is 33.3 Å². The van der Waals surface area contributed by atoms with Gasteiger partial charge in [0.2, 0.25) is 5.62 Å². The molecule has 9 nitrogen and oxygen atoms in total. The first-order chi connectivity index (χ1) is 16.9. The van der Waals surface area contributed by atoms with Gasteiger partial charge < -0.3 is 9.47 Å². The van der Waals surface area contributed by atoms with E-state index in [1.807, 2.05) is 0 Å². The maximum atomic E-state index is 14.5. The van der Waals surface area contributed by atoms with Gasteiger partial charge in [-0.1, -0.05) is 23.7 Å². The highest BCUT2D eigenvalue weighted by Gasteiger charge is 2.31. The summed E-state index contributed by atoms with van der Waals surface area (Å²) in [6.45, 7) is 6.48. The third kappa shape index (κ3) is 6.31. The summed E-state index contributed by atoms with van der Waals surface area (Å²) in [5, 5.41) is 0.520. The summed E-state index contributed by atoms with van der Waals surface area (Å²) in [6, 6.07) is 10.9. The van der Waals surface area contributed by atoms with Gasteiger partial charge in [0.05, 0.1) is 30.9 Å². The molecule has 0 bridgehead atoms. The molecule has 0 atom stereocenters. The van der Waals surface area contributed by atoms with Crippen LogP contribution in [0.1, 0.15) is 33.3 Å². The van der Waals surface area contributed by atoms with Crippen LogP contribution in [0.25, 0.3) is 0 Å². The fraction of sp³-hybridized carbons (Fsp3) is 0.360. The second kappa shape index (κ2) is 10.9. The molecule has 192 valence electrons. The molecule has 0 fully saturated rings. The van der Waals surface area contributed by atoms with E-state index in [4.69, 9.17) is 21.1 Å². The van der Waals surface area contributed by atoms with Crippen LogP contribution in [0.2, 0.25) is 5.02 Å². The van der Waals surface area contributed by atoms with Crippen LogP contribution < -0.4 is 21.7 Å². The standard InChI is InChI=1S/C25H28ClFN4O5/c1-15(2)36-20-11-10-18(12-19(20)27)28-22-29-23(33)31(14-25(3,4)21(32)35-5)24(34)30(22)13-16-6-8-17(26)9-7-16/h6-12,15H,13-14H2,1-5H3,(H,28,29,33). The molecule has 0 aliphatic rings. The Balaban J connectivity index is 2.18. The number of H-pyrrole nitrogens is 1. The van der Waals surface area contributed by atoms with Crippen molar-refractivity contribution < 1.29 is 18.7 Å². The second-order valence-electron chi connectivity index (χ2n) is 9.10. The Bertz CT molecular complexity index is 1440. The number of carbonyl (C=O) groups excluding carboxylic acids is 1. The normalized spacial score (nSPS) is 12.2. The molecule has 0 unspecified atom stereocenters. The number of carbonyl (C=O) groups is 1. The molecule has 0 amide bonds. The molecule has 0 aliphatic carbocycles. The zero-order valence-corrected chi connectivity index (χ0v) is 21.4. The largest absolute Gasteiger partial charge is 0.488 e. The van der Waals surface area contributed by atoms with Gasteiger partial charge in [-0.3, -0.25) is 14.3 Å². The lowest BCUT2D eigenvalue weighted by molar-refractivity contribution is -0.151. The maximum absolute atomic E-state index is 14.5. The quantitative estimate of drug-likeness (QED) is 0.460. The Hall–Kier alpha value is -3.66. The van der Waals surface area contributed by atoms with E-state index in [1.54, 1.807) is 52.0 Å². The molecule has 1 N–H and O–H groups in total. The Kier molecular flexibility index (Phi) is 8.19. The Morgan fingerprint density at radius 2 is 1.81 bits per heavy atom. The second-order valence-corrected chi connectivity index (χ2v) is 9.54. The van der Waals surface area contributed by atoms with Gasteiger partial charge in [0, 0.05) is 17.6 Å². The first-order valence-corrected chi connectivity index (χ1v) is 11.6. The fourth-order valence-corrected chi connectivity index (χ4v) is 3.59. The van der Waals surface area contributed by atoms with Crippen LogP contribution in [0.4, 0.5) is 10.1 Å². The van der Waals surface area contributed by atoms with E-state index in [0.717, 1.165) is 10.6 Å². The van der Waals surface area contributed by atoms with Gasteiger partial charge in [-0.2, -0.15) is 0 Å². The molecule has 0 spiro atoms. The van der Waals surface area contributed by atoms with Gasteiger partial charge in [-0.15, -0.1) is 0 Å². The van der Waals surface area contributed by atoms with E-state index >= 15 is 0 Å². The average Bonchev–Trinajstić information content (AvgIpc) is 2.81. The first-order valence-electron chi connectivity index (χ1n) is 11.2. The molecule has 0 radical (unpaired) electrons. The highest BCUT2D eigenvalue weighted by atomic mass is 35.5. The summed E-state index contributed by atoms with van der Waals surface area (Å²) in [6.07, 6.45) is -0.220. The van der Waals surface area contributed by atoms with Crippen LogP contribution in [0.15, 0.2) is 57.0 Å². The summed E-state index contributed by atoms with van der Waals surface area (Å²) in [5.41, 5.74) is -1.86. The monoisotopic (exact) mass is 518 g/mol. The molecule has 1 heterocycles. The number of halogens is 2. The average molecular weight is 519 g/mol. The number of aromatic amines is 1. The molecule has 0 aliphatic heterocycles. The van der Waals surface area contributed by atoms with Crippen molar-refractivity contribution in [2.75, 3.05) is 7.11 Å². The van der Waals surface area contributed by atoms with Crippen molar-refractivity contribution in [1.29, 1.82) is 0 Å². The van der Waals surface area contributed by atoms with Crippen LogP contribution in [0.5, 0.6) is 5.75 Å². The topological polar surface area (TPSA) is 108 Å². The van der Waals surface area contributed by atoms with Crippen molar-refractivity contribution in [1.82, 2.24) is 14.1 Å². The number of nitrogens with one attached hydrogen (secondary N) is 1. The predicted octanol–water partition coefficient (Wildman–Crippen LogP) is 3.40. The van der Waals surface area contributed by atoms with Gasteiger partial charge in [0.1, 0.15) is 0 Å². The molecule has 36 heavy (non-hydrogen) atoms. The number of nitrogens with zero attached hydrogens (tertiary/aromatic N) is 3. The number of ether oxygens (including phenoxy) is 2. The minimum Gasteiger partial charge on any atom is -0.488 e. The molecular formula is C25H28ClFN4O5. The van der Waals surface area contributed by atoms with Gasteiger partial charge in [0.15, 0.2) is 11.6 Å². The van der Waals surface area contributed by atoms with Gasteiger partial charge >= 0.3 is 17.3 Å². The van der Waals surface area contributed by atoms with Crippen LogP contribution >= 0.6 is 11.6 Å². The smallest absolute Gasteiger partial charge is 0.335 e. The molecule has 0 saturated carbocycles. The number of benzene rings is 2. The SMILES string of the molecule is COC(=O)C(C)(C)Cn1c(=O)[nH]/c(=N\c2ccc(OC(C)C)c(F)c2)n(Cc2ccc(Cl)cc2)c1=O. The molecule has 2 aromatic carbocycles. The van der Waals surface area contributed by atoms with Crippen LogP contribution in [-0.2, 0) is 22.6 Å². The lowest BCUT2D eigenvalue weighted by Crippen LogP contribution is -2.52. The van der Waals surface area contributed by atoms with Crippen molar-refractivity contribution in [2.45, 2.75) is 46.9 Å². The van der Waals surface area contributed by atoms with Crippen molar-refractivity contribution in [3.8, 4) is 5.75 Å². The van der Waals surface area contributed by atoms with E-state index in [1.165, 1.54) is 23.8 Å². The van der Waals surface area contributed by atoms with Gasteiger partial charge in [-0.05, 0) is 57.5 Å². The number of aromatic nitrogens is 3. The van der Waals surface area contributed by atoms with Gasteiger partial charge in [-0.25, -0.2) is 23.5 Å². The Morgan fingerprint density at radius 1 is 1.14 bits per heavy atom. The molecule has 3 rings (SSSR count). The number of rotatable bonds is 8. The van der Waals surface area contributed by atoms with E-state index in [-0.39, 0.29) is 36.2 Å². The zero-order valence-electron chi connectivity index (χ0n) is 20.7. The zero-order chi connectivity index (χ0) is 26.6. The minimum absolute atomic E-state index is 0.0291.